The second-order valence-electron chi connectivity index (χ2n) is 7.55. The summed E-state index contributed by atoms with van der Waals surface area (Å²) in [5.41, 5.74) is 4.42. The SMILES string of the molecule is CN(Cc1nc2c(N3CCNCC3)cccc2[nH]1)C1CCOc2cccnc21. The maximum absolute atomic E-state index is 5.76. The van der Waals surface area contributed by atoms with Gasteiger partial charge in [0, 0.05) is 38.8 Å². The lowest BCUT2D eigenvalue weighted by molar-refractivity contribution is 0.154. The Hall–Kier alpha value is -2.64. The molecule has 1 unspecified atom stereocenters. The number of fused-ring (bicyclic) bond motifs is 2. The van der Waals surface area contributed by atoms with E-state index in [-0.39, 0.29) is 6.04 Å². The van der Waals surface area contributed by atoms with Gasteiger partial charge in [0.15, 0.2) is 0 Å². The first kappa shape index (κ1) is 17.5. The number of rotatable bonds is 4. The van der Waals surface area contributed by atoms with Gasteiger partial charge in [0.1, 0.15) is 17.1 Å². The molecule has 2 aromatic heterocycles. The van der Waals surface area contributed by atoms with E-state index in [1.807, 2.05) is 18.3 Å². The number of hydrogen-bond donors (Lipinski definition) is 2. The van der Waals surface area contributed by atoms with Crippen LogP contribution in [0.2, 0.25) is 0 Å². The normalized spacial score (nSPS) is 19.6. The van der Waals surface area contributed by atoms with Gasteiger partial charge in [-0.05, 0) is 31.3 Å². The van der Waals surface area contributed by atoms with Gasteiger partial charge in [0.25, 0.3) is 0 Å². The van der Waals surface area contributed by atoms with Crippen LogP contribution in [0.15, 0.2) is 36.5 Å². The molecule has 2 aliphatic rings. The molecule has 28 heavy (non-hydrogen) atoms. The first-order chi connectivity index (χ1) is 13.8. The van der Waals surface area contributed by atoms with Crippen LogP contribution in [0, 0.1) is 0 Å². The Kier molecular flexibility index (Phi) is 4.62. The maximum Gasteiger partial charge on any atom is 0.142 e. The molecule has 0 saturated carbocycles. The average Bonchev–Trinajstić information content (AvgIpc) is 3.16. The molecule has 0 amide bonds. The molecule has 7 heteroatoms. The number of H-pyrrole nitrogens is 1. The number of ether oxygens (including phenoxy) is 1. The quantitative estimate of drug-likeness (QED) is 0.726. The second-order valence-corrected chi connectivity index (χ2v) is 7.55. The fourth-order valence-corrected chi connectivity index (χ4v) is 4.27. The molecule has 1 atom stereocenters. The summed E-state index contributed by atoms with van der Waals surface area (Å²) in [4.78, 5) is 17.8. The van der Waals surface area contributed by atoms with E-state index in [1.54, 1.807) is 0 Å². The highest BCUT2D eigenvalue weighted by molar-refractivity contribution is 5.89. The van der Waals surface area contributed by atoms with Gasteiger partial charge < -0.3 is 19.9 Å². The molecule has 4 heterocycles. The zero-order valence-corrected chi connectivity index (χ0v) is 16.2. The Bertz CT molecular complexity index is 964. The summed E-state index contributed by atoms with van der Waals surface area (Å²) in [6, 6.07) is 10.6. The fourth-order valence-electron chi connectivity index (χ4n) is 4.27. The van der Waals surface area contributed by atoms with E-state index >= 15 is 0 Å². The standard InChI is InChI=1S/C21H26N6O/c1-26(16-7-13-28-18-6-3-8-23-21(16)18)14-19-24-15-4-2-5-17(20(15)25-19)27-11-9-22-10-12-27/h2-6,8,16,22H,7,9-14H2,1H3,(H,24,25). The Balaban J connectivity index is 1.40. The van der Waals surface area contributed by atoms with Crippen LogP contribution in [-0.2, 0) is 6.54 Å². The number of aromatic nitrogens is 3. The van der Waals surface area contributed by atoms with E-state index in [0.717, 1.165) is 74.1 Å². The molecule has 146 valence electrons. The highest BCUT2D eigenvalue weighted by Gasteiger charge is 2.27. The van der Waals surface area contributed by atoms with Gasteiger partial charge in [-0.2, -0.15) is 0 Å². The van der Waals surface area contributed by atoms with Gasteiger partial charge in [-0.25, -0.2) is 4.98 Å². The number of imidazole rings is 1. The molecular formula is C21H26N6O. The number of aromatic amines is 1. The lowest BCUT2D eigenvalue weighted by atomic mass is 10.1. The highest BCUT2D eigenvalue weighted by atomic mass is 16.5. The molecule has 5 rings (SSSR count). The molecule has 0 spiro atoms. The fraction of sp³-hybridized carbons (Fsp3) is 0.429. The molecule has 2 aliphatic heterocycles. The van der Waals surface area contributed by atoms with Crippen LogP contribution in [0.5, 0.6) is 5.75 Å². The number of para-hydroxylation sites is 1. The van der Waals surface area contributed by atoms with Gasteiger partial charge in [-0.3, -0.25) is 9.88 Å². The Morgan fingerprint density at radius 1 is 1.21 bits per heavy atom. The van der Waals surface area contributed by atoms with Crippen molar-refractivity contribution in [2.45, 2.75) is 19.0 Å². The third kappa shape index (κ3) is 3.21. The van der Waals surface area contributed by atoms with Crippen molar-refractivity contribution in [2.75, 3.05) is 44.7 Å². The smallest absolute Gasteiger partial charge is 0.142 e. The van der Waals surface area contributed by atoms with Crippen molar-refractivity contribution in [1.82, 2.24) is 25.2 Å². The van der Waals surface area contributed by atoms with E-state index in [4.69, 9.17) is 9.72 Å². The third-order valence-electron chi connectivity index (χ3n) is 5.69. The number of piperazine rings is 1. The summed E-state index contributed by atoms with van der Waals surface area (Å²) in [6.07, 6.45) is 2.78. The summed E-state index contributed by atoms with van der Waals surface area (Å²) < 4.78 is 5.76. The monoisotopic (exact) mass is 378 g/mol. The van der Waals surface area contributed by atoms with E-state index in [2.05, 4.69) is 50.3 Å². The Morgan fingerprint density at radius 2 is 2.11 bits per heavy atom. The largest absolute Gasteiger partial charge is 0.492 e. The molecule has 0 bridgehead atoms. The van der Waals surface area contributed by atoms with E-state index < -0.39 is 0 Å². The van der Waals surface area contributed by atoms with Crippen molar-refractivity contribution in [3.05, 3.63) is 48.0 Å². The van der Waals surface area contributed by atoms with Crippen molar-refractivity contribution in [3.63, 3.8) is 0 Å². The molecule has 1 fully saturated rings. The van der Waals surface area contributed by atoms with Crippen LogP contribution in [0.25, 0.3) is 11.0 Å². The number of benzene rings is 1. The van der Waals surface area contributed by atoms with Crippen molar-refractivity contribution in [2.24, 2.45) is 0 Å². The number of nitrogens with one attached hydrogen (secondary N) is 2. The Morgan fingerprint density at radius 3 is 3.00 bits per heavy atom. The zero-order chi connectivity index (χ0) is 18.9. The van der Waals surface area contributed by atoms with Crippen LogP contribution in [0.1, 0.15) is 24.0 Å². The van der Waals surface area contributed by atoms with Gasteiger partial charge in [-0.15, -0.1) is 0 Å². The second kappa shape index (κ2) is 7.41. The van der Waals surface area contributed by atoms with E-state index in [9.17, 15) is 0 Å². The summed E-state index contributed by atoms with van der Waals surface area (Å²) in [5.74, 6) is 1.89. The van der Waals surface area contributed by atoms with E-state index in [1.165, 1.54) is 5.69 Å². The van der Waals surface area contributed by atoms with E-state index in [0.29, 0.717) is 0 Å². The van der Waals surface area contributed by atoms with Crippen molar-refractivity contribution in [1.29, 1.82) is 0 Å². The highest BCUT2D eigenvalue weighted by Crippen LogP contribution is 2.34. The molecule has 1 saturated heterocycles. The molecule has 1 aromatic carbocycles. The van der Waals surface area contributed by atoms with Gasteiger partial charge in [0.05, 0.1) is 36.1 Å². The molecule has 0 radical (unpaired) electrons. The average molecular weight is 378 g/mol. The summed E-state index contributed by atoms with van der Waals surface area (Å²) in [6.45, 7) is 5.55. The third-order valence-corrected chi connectivity index (χ3v) is 5.69. The predicted molar refractivity (Wildman–Crippen MR) is 110 cm³/mol. The first-order valence-corrected chi connectivity index (χ1v) is 10.0. The predicted octanol–water partition coefficient (Wildman–Crippen LogP) is 2.32. The summed E-state index contributed by atoms with van der Waals surface area (Å²) in [7, 11) is 2.14. The van der Waals surface area contributed by atoms with Gasteiger partial charge in [-0.1, -0.05) is 6.07 Å². The summed E-state index contributed by atoms with van der Waals surface area (Å²) >= 11 is 0. The molecule has 7 nitrogen and oxygen atoms in total. The lowest BCUT2D eigenvalue weighted by Crippen LogP contribution is -2.43. The van der Waals surface area contributed by atoms with Crippen LogP contribution in [0.3, 0.4) is 0 Å². The first-order valence-electron chi connectivity index (χ1n) is 10.0. The minimum absolute atomic E-state index is 0.241. The van der Waals surface area contributed by atoms with Crippen LogP contribution >= 0.6 is 0 Å². The minimum atomic E-state index is 0.241. The lowest BCUT2D eigenvalue weighted by Gasteiger charge is -2.31. The maximum atomic E-state index is 5.76. The molecule has 3 aromatic rings. The minimum Gasteiger partial charge on any atom is -0.492 e. The summed E-state index contributed by atoms with van der Waals surface area (Å²) in [5, 5.41) is 3.42. The van der Waals surface area contributed by atoms with Crippen molar-refractivity contribution in [3.8, 4) is 5.75 Å². The number of anilines is 1. The van der Waals surface area contributed by atoms with Crippen LogP contribution in [0.4, 0.5) is 5.69 Å². The van der Waals surface area contributed by atoms with Crippen molar-refractivity contribution >= 4 is 16.7 Å². The number of hydrogen-bond acceptors (Lipinski definition) is 6. The zero-order valence-electron chi connectivity index (χ0n) is 16.2. The van der Waals surface area contributed by atoms with Gasteiger partial charge in [0.2, 0.25) is 0 Å². The van der Waals surface area contributed by atoms with Crippen molar-refractivity contribution < 1.29 is 4.74 Å². The molecule has 0 aliphatic carbocycles. The topological polar surface area (TPSA) is 69.3 Å². The molecular weight excluding hydrogens is 352 g/mol. The number of pyridine rings is 1. The van der Waals surface area contributed by atoms with Gasteiger partial charge >= 0.3 is 0 Å². The van der Waals surface area contributed by atoms with Crippen LogP contribution in [-0.4, -0.2) is 59.7 Å². The van der Waals surface area contributed by atoms with Crippen LogP contribution < -0.4 is 15.0 Å². The number of nitrogens with zero attached hydrogens (tertiary/aromatic N) is 4. The molecule has 2 N–H and O–H groups in total. The Labute approximate surface area is 164 Å².